The molecule has 0 radical (unpaired) electrons. The van der Waals surface area contributed by atoms with Crippen LogP contribution in [0, 0.1) is 0 Å². The second-order valence-corrected chi connectivity index (χ2v) is 4.28. The molecule has 0 aromatic carbocycles. The van der Waals surface area contributed by atoms with Gasteiger partial charge in [0.1, 0.15) is 0 Å². The zero-order chi connectivity index (χ0) is 9.45. The van der Waals surface area contributed by atoms with Crippen molar-refractivity contribution in [2.24, 2.45) is 4.99 Å². The summed E-state index contributed by atoms with van der Waals surface area (Å²) in [6, 6.07) is 0. The molecule has 0 heterocycles. The molecule has 0 N–H and O–H groups in total. The summed E-state index contributed by atoms with van der Waals surface area (Å²) in [6.07, 6.45) is 5.40. The van der Waals surface area contributed by atoms with Gasteiger partial charge in [0, 0.05) is 0 Å². The molecule has 70 valence electrons. The lowest BCUT2D eigenvalue weighted by molar-refractivity contribution is 0.660. The number of allylic oxidation sites excluding steroid dienone is 1. The minimum absolute atomic E-state index is 0.0296. The van der Waals surface area contributed by atoms with Crippen molar-refractivity contribution in [1.82, 2.24) is 0 Å². The molecular formula is C10H19NS. The first-order valence-corrected chi connectivity index (χ1v) is 5.50. The molecule has 0 aliphatic carbocycles. The Morgan fingerprint density at radius 3 is 2.50 bits per heavy atom. The van der Waals surface area contributed by atoms with Crippen LogP contribution in [-0.4, -0.2) is 16.8 Å². The van der Waals surface area contributed by atoms with E-state index in [1.54, 1.807) is 11.8 Å². The minimum Gasteiger partial charge on any atom is -0.276 e. The maximum Gasteiger partial charge on any atom is 0.0737 e. The van der Waals surface area contributed by atoms with E-state index in [4.69, 9.17) is 0 Å². The van der Waals surface area contributed by atoms with Crippen molar-refractivity contribution in [1.29, 1.82) is 0 Å². The molecule has 0 saturated carbocycles. The maximum absolute atomic E-state index is 4.43. The van der Waals surface area contributed by atoms with E-state index in [9.17, 15) is 0 Å². The highest BCUT2D eigenvalue weighted by atomic mass is 32.2. The number of nitrogens with zero attached hydrogens (tertiary/aromatic N) is 1. The molecule has 0 bridgehead atoms. The second kappa shape index (κ2) is 6.30. The fourth-order valence-electron chi connectivity index (χ4n) is 0.697. The normalized spacial score (nSPS) is 13.3. The first kappa shape index (κ1) is 11.8. The van der Waals surface area contributed by atoms with Crippen LogP contribution in [0.3, 0.4) is 0 Å². The van der Waals surface area contributed by atoms with E-state index in [0.29, 0.717) is 0 Å². The largest absolute Gasteiger partial charge is 0.276 e. The fourth-order valence-corrected chi connectivity index (χ4v) is 1.19. The quantitative estimate of drug-likeness (QED) is 0.363. The van der Waals surface area contributed by atoms with Crippen LogP contribution < -0.4 is 0 Å². The number of hydrogen-bond donors (Lipinski definition) is 0. The van der Waals surface area contributed by atoms with Gasteiger partial charge in [-0.15, -0.1) is 11.8 Å². The van der Waals surface area contributed by atoms with E-state index >= 15 is 0 Å². The van der Waals surface area contributed by atoms with Gasteiger partial charge in [-0.2, -0.15) is 0 Å². The van der Waals surface area contributed by atoms with Gasteiger partial charge in [0.2, 0.25) is 0 Å². The molecule has 0 aliphatic rings. The van der Waals surface area contributed by atoms with Gasteiger partial charge in [-0.25, -0.2) is 0 Å². The Labute approximate surface area is 80.4 Å². The highest BCUT2D eigenvalue weighted by molar-refractivity contribution is 8.12. The third-order valence-corrected chi connectivity index (χ3v) is 1.98. The van der Waals surface area contributed by atoms with E-state index in [0.717, 1.165) is 12.2 Å². The summed E-state index contributed by atoms with van der Waals surface area (Å²) in [7, 11) is 0. The van der Waals surface area contributed by atoms with Crippen molar-refractivity contribution >= 4 is 17.3 Å². The van der Waals surface area contributed by atoms with Crippen LogP contribution in [-0.2, 0) is 0 Å². The van der Waals surface area contributed by atoms with Crippen LogP contribution in [0.4, 0.5) is 0 Å². The zero-order valence-electron chi connectivity index (χ0n) is 8.50. The predicted molar refractivity (Wildman–Crippen MR) is 60.1 cm³/mol. The molecule has 0 aromatic heterocycles. The van der Waals surface area contributed by atoms with Crippen LogP contribution in [0.15, 0.2) is 17.1 Å². The first-order chi connectivity index (χ1) is 5.62. The van der Waals surface area contributed by atoms with Gasteiger partial charge in [-0.1, -0.05) is 26.0 Å². The lowest BCUT2D eigenvalue weighted by Crippen LogP contribution is -2.11. The van der Waals surface area contributed by atoms with Crippen molar-refractivity contribution in [2.45, 2.75) is 39.7 Å². The van der Waals surface area contributed by atoms with Gasteiger partial charge < -0.3 is 0 Å². The minimum atomic E-state index is -0.0296. The standard InChI is InChI=1S/C10H19NS/c1-5-7-8-10(3,4)11-9-12-6-2/h7-9H,5-6H2,1-4H3/b8-7-,11-9?. The Kier molecular flexibility index (Phi) is 6.17. The third-order valence-electron chi connectivity index (χ3n) is 1.39. The van der Waals surface area contributed by atoms with E-state index in [1.807, 2.05) is 5.55 Å². The molecule has 0 amide bonds. The number of thioether (sulfide) groups is 1. The molecule has 0 aromatic rings. The van der Waals surface area contributed by atoms with Crippen LogP contribution in [0.2, 0.25) is 0 Å². The summed E-state index contributed by atoms with van der Waals surface area (Å²) in [5, 5.41) is 0. The molecule has 0 aliphatic heterocycles. The molecule has 0 saturated heterocycles. The summed E-state index contributed by atoms with van der Waals surface area (Å²) >= 11 is 1.74. The SMILES string of the molecule is CC/C=C\C(C)(C)N=CSCC. The van der Waals surface area contributed by atoms with E-state index in [2.05, 4.69) is 44.8 Å². The van der Waals surface area contributed by atoms with Crippen LogP contribution in [0.5, 0.6) is 0 Å². The number of hydrogen-bond acceptors (Lipinski definition) is 2. The number of rotatable bonds is 5. The number of aliphatic imine (C=N–C) groups is 1. The highest BCUT2D eigenvalue weighted by Crippen LogP contribution is 2.11. The average molecular weight is 185 g/mol. The molecular weight excluding hydrogens is 166 g/mol. The topological polar surface area (TPSA) is 12.4 Å². The van der Waals surface area contributed by atoms with E-state index in [1.165, 1.54) is 0 Å². The van der Waals surface area contributed by atoms with Crippen molar-refractivity contribution in [2.75, 3.05) is 5.75 Å². The van der Waals surface area contributed by atoms with Crippen LogP contribution >= 0.6 is 11.8 Å². The fraction of sp³-hybridized carbons (Fsp3) is 0.700. The molecule has 0 spiro atoms. The monoisotopic (exact) mass is 185 g/mol. The molecule has 1 nitrogen and oxygen atoms in total. The van der Waals surface area contributed by atoms with E-state index in [-0.39, 0.29) is 5.54 Å². The van der Waals surface area contributed by atoms with Crippen molar-refractivity contribution in [3.05, 3.63) is 12.2 Å². The van der Waals surface area contributed by atoms with Gasteiger partial charge in [-0.3, -0.25) is 4.99 Å². The maximum atomic E-state index is 4.43. The summed E-state index contributed by atoms with van der Waals surface area (Å²) in [5.41, 5.74) is 1.91. The van der Waals surface area contributed by atoms with Gasteiger partial charge in [-0.05, 0) is 26.0 Å². The summed E-state index contributed by atoms with van der Waals surface area (Å²) in [6.45, 7) is 8.50. The molecule has 0 rings (SSSR count). The van der Waals surface area contributed by atoms with Crippen LogP contribution in [0.25, 0.3) is 0 Å². The Bertz CT molecular complexity index is 159. The lowest BCUT2D eigenvalue weighted by atomic mass is 10.1. The first-order valence-electron chi connectivity index (χ1n) is 4.45. The Morgan fingerprint density at radius 2 is 2.00 bits per heavy atom. The smallest absolute Gasteiger partial charge is 0.0737 e. The van der Waals surface area contributed by atoms with Gasteiger partial charge in [0.25, 0.3) is 0 Å². The van der Waals surface area contributed by atoms with Crippen molar-refractivity contribution in [3.63, 3.8) is 0 Å². The summed E-state index contributed by atoms with van der Waals surface area (Å²) in [4.78, 5) is 4.43. The van der Waals surface area contributed by atoms with Crippen molar-refractivity contribution in [3.8, 4) is 0 Å². The Morgan fingerprint density at radius 1 is 1.33 bits per heavy atom. The second-order valence-electron chi connectivity index (χ2n) is 3.15. The zero-order valence-corrected chi connectivity index (χ0v) is 9.32. The average Bonchev–Trinajstić information content (AvgIpc) is 2.01. The Balaban J connectivity index is 3.93. The molecule has 2 heteroatoms. The van der Waals surface area contributed by atoms with Crippen molar-refractivity contribution < 1.29 is 0 Å². The summed E-state index contributed by atoms with van der Waals surface area (Å²) < 4.78 is 0. The Hall–Kier alpha value is -0.240. The van der Waals surface area contributed by atoms with Gasteiger partial charge in [0.05, 0.1) is 11.1 Å². The molecule has 0 unspecified atom stereocenters. The lowest BCUT2D eigenvalue weighted by Gasteiger charge is -2.13. The highest BCUT2D eigenvalue weighted by Gasteiger charge is 2.08. The van der Waals surface area contributed by atoms with Gasteiger partial charge in [0.15, 0.2) is 0 Å². The molecule has 12 heavy (non-hydrogen) atoms. The van der Waals surface area contributed by atoms with Crippen LogP contribution in [0.1, 0.15) is 34.1 Å². The predicted octanol–water partition coefficient (Wildman–Crippen LogP) is 3.51. The molecule has 0 atom stereocenters. The third kappa shape index (κ3) is 6.47. The summed E-state index contributed by atoms with van der Waals surface area (Å²) in [5.74, 6) is 1.09. The van der Waals surface area contributed by atoms with E-state index < -0.39 is 0 Å². The molecule has 0 fully saturated rings. The van der Waals surface area contributed by atoms with Gasteiger partial charge >= 0.3 is 0 Å².